The van der Waals surface area contributed by atoms with Gasteiger partial charge < -0.3 is 0 Å². The standard InChI is InChI=1S/C24H20N2O/c1-2-26-24(27)22(19-14-8-4-9-15-19)21(18-12-6-3-7-13-18)23(25-26)20-16-10-5-11-17-20/h3-17H,2H2,1H3. The molecule has 0 aliphatic heterocycles. The molecule has 27 heavy (non-hydrogen) atoms. The van der Waals surface area contributed by atoms with Crippen LogP contribution in [0.1, 0.15) is 6.92 Å². The normalized spacial score (nSPS) is 10.7. The van der Waals surface area contributed by atoms with Crippen molar-refractivity contribution in [2.45, 2.75) is 13.5 Å². The Morgan fingerprint density at radius 3 is 1.59 bits per heavy atom. The van der Waals surface area contributed by atoms with Crippen molar-refractivity contribution in [3.05, 3.63) is 101 Å². The van der Waals surface area contributed by atoms with Crippen LogP contribution in [0.3, 0.4) is 0 Å². The maximum atomic E-state index is 13.3. The van der Waals surface area contributed by atoms with Crippen LogP contribution in [0.25, 0.3) is 33.5 Å². The van der Waals surface area contributed by atoms with Gasteiger partial charge in [0.25, 0.3) is 5.56 Å². The smallest absolute Gasteiger partial charge is 0.267 e. The molecule has 0 aliphatic rings. The monoisotopic (exact) mass is 352 g/mol. The van der Waals surface area contributed by atoms with Crippen LogP contribution >= 0.6 is 0 Å². The van der Waals surface area contributed by atoms with Gasteiger partial charge in [-0.05, 0) is 18.1 Å². The van der Waals surface area contributed by atoms with Gasteiger partial charge in [-0.25, -0.2) is 4.68 Å². The fraction of sp³-hybridized carbons (Fsp3) is 0.0833. The van der Waals surface area contributed by atoms with Crippen LogP contribution in [0.5, 0.6) is 0 Å². The van der Waals surface area contributed by atoms with Gasteiger partial charge in [-0.1, -0.05) is 91.0 Å². The summed E-state index contributed by atoms with van der Waals surface area (Å²) in [6.45, 7) is 2.47. The first-order valence-corrected chi connectivity index (χ1v) is 9.11. The molecule has 0 unspecified atom stereocenters. The Labute approximate surface area is 158 Å². The Hall–Kier alpha value is -3.46. The molecule has 0 fully saturated rings. The Morgan fingerprint density at radius 2 is 1.11 bits per heavy atom. The number of aromatic nitrogens is 2. The molecular formula is C24H20N2O. The maximum absolute atomic E-state index is 13.3. The van der Waals surface area contributed by atoms with Crippen LogP contribution in [-0.4, -0.2) is 9.78 Å². The third-order valence-corrected chi connectivity index (χ3v) is 4.63. The highest BCUT2D eigenvalue weighted by Crippen LogP contribution is 2.36. The van der Waals surface area contributed by atoms with E-state index in [9.17, 15) is 4.79 Å². The highest BCUT2D eigenvalue weighted by molar-refractivity contribution is 5.92. The van der Waals surface area contributed by atoms with Crippen LogP contribution in [-0.2, 0) is 6.54 Å². The fourth-order valence-corrected chi connectivity index (χ4v) is 3.34. The molecule has 0 amide bonds. The second-order valence-electron chi connectivity index (χ2n) is 6.32. The van der Waals surface area contributed by atoms with Crippen LogP contribution < -0.4 is 5.56 Å². The molecule has 1 aromatic heterocycles. The molecule has 0 bridgehead atoms. The lowest BCUT2D eigenvalue weighted by Gasteiger charge is -2.17. The molecule has 0 spiro atoms. The molecule has 1 heterocycles. The molecule has 0 radical (unpaired) electrons. The van der Waals surface area contributed by atoms with E-state index in [1.165, 1.54) is 0 Å². The first kappa shape index (κ1) is 17.0. The summed E-state index contributed by atoms with van der Waals surface area (Å²) in [6.07, 6.45) is 0. The molecule has 3 aromatic carbocycles. The van der Waals surface area contributed by atoms with Crippen molar-refractivity contribution in [2.24, 2.45) is 0 Å². The quantitative estimate of drug-likeness (QED) is 0.502. The minimum Gasteiger partial charge on any atom is -0.267 e. The van der Waals surface area contributed by atoms with Crippen molar-refractivity contribution in [1.82, 2.24) is 9.78 Å². The van der Waals surface area contributed by atoms with E-state index in [0.29, 0.717) is 12.1 Å². The summed E-state index contributed by atoms with van der Waals surface area (Å²) in [7, 11) is 0. The van der Waals surface area contributed by atoms with E-state index in [1.807, 2.05) is 97.9 Å². The second kappa shape index (κ2) is 7.42. The third-order valence-electron chi connectivity index (χ3n) is 4.63. The lowest BCUT2D eigenvalue weighted by Crippen LogP contribution is -2.25. The zero-order valence-corrected chi connectivity index (χ0v) is 15.2. The Kier molecular flexibility index (Phi) is 4.67. The number of hydrogen-bond donors (Lipinski definition) is 0. The summed E-state index contributed by atoms with van der Waals surface area (Å²) in [5.41, 5.74) is 5.21. The Morgan fingerprint density at radius 1 is 0.667 bits per heavy atom. The van der Waals surface area contributed by atoms with Crippen molar-refractivity contribution in [3.63, 3.8) is 0 Å². The lowest BCUT2D eigenvalue weighted by atomic mass is 9.92. The summed E-state index contributed by atoms with van der Waals surface area (Å²) in [5, 5.41) is 4.73. The van der Waals surface area contributed by atoms with Crippen molar-refractivity contribution < 1.29 is 0 Å². The van der Waals surface area contributed by atoms with Gasteiger partial charge in [0.05, 0.1) is 11.3 Å². The van der Waals surface area contributed by atoms with Gasteiger partial charge in [0, 0.05) is 17.7 Å². The van der Waals surface area contributed by atoms with Gasteiger partial charge in [-0.2, -0.15) is 5.10 Å². The van der Waals surface area contributed by atoms with E-state index >= 15 is 0 Å². The molecule has 0 saturated carbocycles. The van der Waals surface area contributed by atoms with Gasteiger partial charge in [0.15, 0.2) is 0 Å². The predicted octanol–water partition coefficient (Wildman–Crippen LogP) is 5.26. The molecule has 0 atom stereocenters. The Bertz CT molecular complexity index is 1100. The number of aryl methyl sites for hydroxylation is 1. The van der Waals surface area contributed by atoms with E-state index in [1.54, 1.807) is 4.68 Å². The Balaban J connectivity index is 2.15. The van der Waals surface area contributed by atoms with Crippen molar-refractivity contribution in [1.29, 1.82) is 0 Å². The number of nitrogens with zero attached hydrogens (tertiary/aromatic N) is 2. The maximum Gasteiger partial charge on any atom is 0.275 e. The predicted molar refractivity (Wildman–Crippen MR) is 110 cm³/mol. The van der Waals surface area contributed by atoms with Crippen LogP contribution in [0.15, 0.2) is 95.8 Å². The van der Waals surface area contributed by atoms with E-state index < -0.39 is 0 Å². The van der Waals surface area contributed by atoms with Gasteiger partial charge in [-0.15, -0.1) is 0 Å². The van der Waals surface area contributed by atoms with Crippen molar-refractivity contribution >= 4 is 0 Å². The first-order chi connectivity index (χ1) is 13.3. The SMILES string of the molecule is CCn1nc(-c2ccccc2)c(-c2ccccc2)c(-c2ccccc2)c1=O. The van der Waals surface area contributed by atoms with Gasteiger partial charge in [0.1, 0.15) is 0 Å². The van der Waals surface area contributed by atoms with Crippen molar-refractivity contribution in [3.8, 4) is 33.5 Å². The number of hydrogen-bond acceptors (Lipinski definition) is 2. The summed E-state index contributed by atoms with van der Waals surface area (Å²) < 4.78 is 1.55. The second-order valence-corrected chi connectivity index (χ2v) is 6.32. The number of benzene rings is 3. The molecule has 3 nitrogen and oxygen atoms in total. The van der Waals surface area contributed by atoms with E-state index in [-0.39, 0.29) is 5.56 Å². The number of rotatable bonds is 4. The van der Waals surface area contributed by atoms with Crippen LogP contribution in [0.2, 0.25) is 0 Å². The molecule has 132 valence electrons. The van der Waals surface area contributed by atoms with Gasteiger partial charge >= 0.3 is 0 Å². The van der Waals surface area contributed by atoms with E-state index in [0.717, 1.165) is 27.9 Å². The van der Waals surface area contributed by atoms with Gasteiger partial charge in [-0.3, -0.25) is 4.79 Å². The summed E-state index contributed by atoms with van der Waals surface area (Å²) in [6, 6.07) is 29.9. The molecule has 3 heteroatoms. The van der Waals surface area contributed by atoms with Crippen LogP contribution in [0.4, 0.5) is 0 Å². The fourth-order valence-electron chi connectivity index (χ4n) is 3.34. The topological polar surface area (TPSA) is 34.9 Å². The zero-order valence-electron chi connectivity index (χ0n) is 15.2. The summed E-state index contributed by atoms with van der Waals surface area (Å²) in [5.74, 6) is 0. The van der Waals surface area contributed by atoms with Gasteiger partial charge in [0.2, 0.25) is 0 Å². The minimum absolute atomic E-state index is 0.0674. The largest absolute Gasteiger partial charge is 0.275 e. The average molecular weight is 352 g/mol. The first-order valence-electron chi connectivity index (χ1n) is 9.11. The van der Waals surface area contributed by atoms with Crippen LogP contribution in [0, 0.1) is 0 Å². The van der Waals surface area contributed by atoms with E-state index in [4.69, 9.17) is 5.10 Å². The van der Waals surface area contributed by atoms with Crippen molar-refractivity contribution in [2.75, 3.05) is 0 Å². The average Bonchev–Trinajstić information content (AvgIpc) is 2.75. The molecular weight excluding hydrogens is 332 g/mol. The minimum atomic E-state index is -0.0674. The molecule has 0 N–H and O–H groups in total. The highest BCUT2D eigenvalue weighted by Gasteiger charge is 2.20. The zero-order chi connectivity index (χ0) is 18.6. The van der Waals surface area contributed by atoms with E-state index in [2.05, 4.69) is 0 Å². The molecule has 0 aliphatic carbocycles. The molecule has 4 aromatic rings. The molecule has 4 rings (SSSR count). The lowest BCUT2D eigenvalue weighted by molar-refractivity contribution is 0.621. The third kappa shape index (κ3) is 3.20. The highest BCUT2D eigenvalue weighted by atomic mass is 16.1. The molecule has 0 saturated heterocycles. The summed E-state index contributed by atoms with van der Waals surface area (Å²) >= 11 is 0. The summed E-state index contributed by atoms with van der Waals surface area (Å²) in [4.78, 5) is 13.3.